The minimum absolute atomic E-state index is 0.533. The largest absolute Gasteiger partial charge is 0.443 e. The second kappa shape index (κ2) is 5.19. The smallest absolute Gasteiger partial charge is 0.181 e. The minimum Gasteiger partial charge on any atom is -0.443 e. The molecule has 0 amide bonds. The van der Waals surface area contributed by atoms with Crippen molar-refractivity contribution in [3.63, 3.8) is 0 Å². The molecule has 2 N–H and O–H groups in total. The van der Waals surface area contributed by atoms with E-state index in [4.69, 9.17) is 10.2 Å². The molecule has 2 rings (SSSR count). The molecule has 1 aromatic carbocycles. The van der Waals surface area contributed by atoms with Crippen molar-refractivity contribution in [3.05, 3.63) is 24.6 Å². The number of oxazole rings is 1. The molecule has 1 aromatic heterocycles. The fraction of sp³-hybridized carbons (Fsp3) is 0.462. The first kappa shape index (κ1) is 11.9. The van der Waals surface area contributed by atoms with Crippen LogP contribution in [0.25, 0.3) is 11.1 Å². The van der Waals surface area contributed by atoms with Gasteiger partial charge in [0.2, 0.25) is 0 Å². The van der Waals surface area contributed by atoms with Crippen LogP contribution in [0.2, 0.25) is 0 Å². The molecule has 0 saturated carbocycles. The summed E-state index contributed by atoms with van der Waals surface area (Å²) in [6.07, 6.45) is 2.58. The molecule has 0 aliphatic carbocycles. The number of fused-ring (bicyclic) bond motifs is 1. The van der Waals surface area contributed by atoms with Crippen LogP contribution in [-0.2, 0) is 0 Å². The summed E-state index contributed by atoms with van der Waals surface area (Å²) in [5.74, 6) is 0.533. The van der Waals surface area contributed by atoms with Gasteiger partial charge in [0.1, 0.15) is 5.52 Å². The molecule has 0 radical (unpaired) electrons. The Kier molecular flexibility index (Phi) is 3.64. The molecule has 4 heteroatoms. The zero-order chi connectivity index (χ0) is 12.3. The lowest BCUT2D eigenvalue weighted by Crippen LogP contribution is -2.29. The van der Waals surface area contributed by atoms with Crippen molar-refractivity contribution in [1.82, 2.24) is 4.98 Å². The van der Waals surface area contributed by atoms with Crippen molar-refractivity contribution < 1.29 is 4.42 Å². The highest BCUT2D eigenvalue weighted by atomic mass is 16.3. The van der Waals surface area contributed by atoms with Gasteiger partial charge in [-0.05, 0) is 24.6 Å². The molecule has 0 aliphatic heterocycles. The highest BCUT2D eigenvalue weighted by Gasteiger charge is 2.09. The summed E-state index contributed by atoms with van der Waals surface area (Å²) in [4.78, 5) is 6.32. The van der Waals surface area contributed by atoms with Gasteiger partial charge in [-0.3, -0.25) is 0 Å². The summed E-state index contributed by atoms with van der Waals surface area (Å²) < 4.78 is 5.30. The van der Waals surface area contributed by atoms with Gasteiger partial charge in [-0.2, -0.15) is 0 Å². The zero-order valence-corrected chi connectivity index (χ0v) is 10.4. The first-order valence-corrected chi connectivity index (χ1v) is 5.99. The lowest BCUT2D eigenvalue weighted by Gasteiger charge is -2.24. The van der Waals surface area contributed by atoms with Gasteiger partial charge in [0, 0.05) is 25.3 Å². The molecule has 0 aliphatic rings. The van der Waals surface area contributed by atoms with Crippen LogP contribution in [0.5, 0.6) is 0 Å². The van der Waals surface area contributed by atoms with Crippen LogP contribution in [0.1, 0.15) is 13.3 Å². The normalized spacial score (nSPS) is 12.9. The SMILES string of the molecule is CCC(CN)CN(C)c1ccc2ncoc2c1. The Morgan fingerprint density at radius 1 is 1.47 bits per heavy atom. The van der Waals surface area contributed by atoms with E-state index in [1.165, 1.54) is 6.39 Å². The third-order valence-corrected chi connectivity index (χ3v) is 3.20. The van der Waals surface area contributed by atoms with E-state index in [1.54, 1.807) is 0 Å². The Morgan fingerprint density at radius 3 is 3.00 bits per heavy atom. The van der Waals surface area contributed by atoms with Gasteiger partial charge >= 0.3 is 0 Å². The van der Waals surface area contributed by atoms with Gasteiger partial charge in [0.15, 0.2) is 12.0 Å². The van der Waals surface area contributed by atoms with Gasteiger partial charge in [0.25, 0.3) is 0 Å². The summed E-state index contributed by atoms with van der Waals surface area (Å²) in [5, 5.41) is 0. The summed E-state index contributed by atoms with van der Waals surface area (Å²) in [5.41, 5.74) is 8.59. The van der Waals surface area contributed by atoms with Crippen molar-refractivity contribution >= 4 is 16.8 Å². The Morgan fingerprint density at radius 2 is 2.29 bits per heavy atom. The highest BCUT2D eigenvalue weighted by molar-refractivity contribution is 5.76. The van der Waals surface area contributed by atoms with Crippen molar-refractivity contribution in [2.24, 2.45) is 11.7 Å². The van der Waals surface area contributed by atoms with E-state index in [1.807, 2.05) is 12.1 Å². The van der Waals surface area contributed by atoms with Crippen molar-refractivity contribution in [3.8, 4) is 0 Å². The third-order valence-electron chi connectivity index (χ3n) is 3.20. The molecule has 1 unspecified atom stereocenters. The molecule has 0 spiro atoms. The highest BCUT2D eigenvalue weighted by Crippen LogP contribution is 2.21. The molecule has 0 saturated heterocycles. The molecular weight excluding hydrogens is 214 g/mol. The van der Waals surface area contributed by atoms with E-state index in [2.05, 4.69) is 29.9 Å². The van der Waals surface area contributed by atoms with Crippen LogP contribution < -0.4 is 10.6 Å². The lowest BCUT2D eigenvalue weighted by molar-refractivity contribution is 0.521. The average molecular weight is 233 g/mol. The lowest BCUT2D eigenvalue weighted by atomic mass is 10.1. The first-order chi connectivity index (χ1) is 8.24. The van der Waals surface area contributed by atoms with Crippen LogP contribution in [0.15, 0.2) is 29.0 Å². The molecule has 1 heterocycles. The van der Waals surface area contributed by atoms with E-state index in [9.17, 15) is 0 Å². The van der Waals surface area contributed by atoms with E-state index in [0.29, 0.717) is 5.92 Å². The third kappa shape index (κ3) is 2.58. The van der Waals surface area contributed by atoms with E-state index < -0.39 is 0 Å². The maximum absolute atomic E-state index is 5.73. The van der Waals surface area contributed by atoms with E-state index >= 15 is 0 Å². The van der Waals surface area contributed by atoms with Crippen LogP contribution in [-0.4, -0.2) is 25.1 Å². The number of aromatic nitrogens is 1. The maximum Gasteiger partial charge on any atom is 0.181 e. The zero-order valence-electron chi connectivity index (χ0n) is 10.4. The Balaban J connectivity index is 2.14. The van der Waals surface area contributed by atoms with Crippen LogP contribution in [0.4, 0.5) is 5.69 Å². The second-order valence-electron chi connectivity index (χ2n) is 4.39. The van der Waals surface area contributed by atoms with Crippen LogP contribution >= 0.6 is 0 Å². The standard InChI is InChI=1S/C13H19N3O/c1-3-10(7-14)8-16(2)11-4-5-12-13(6-11)17-9-15-12/h4-6,9-10H,3,7-8,14H2,1-2H3. The van der Waals surface area contributed by atoms with Crippen molar-refractivity contribution in [1.29, 1.82) is 0 Å². The monoisotopic (exact) mass is 233 g/mol. The maximum atomic E-state index is 5.73. The fourth-order valence-corrected chi connectivity index (χ4v) is 1.94. The van der Waals surface area contributed by atoms with Gasteiger partial charge in [0.05, 0.1) is 0 Å². The second-order valence-corrected chi connectivity index (χ2v) is 4.39. The Labute approximate surface area is 101 Å². The van der Waals surface area contributed by atoms with Gasteiger partial charge in [-0.25, -0.2) is 4.98 Å². The number of nitrogens with zero attached hydrogens (tertiary/aromatic N) is 2. The number of hydrogen-bond acceptors (Lipinski definition) is 4. The molecule has 17 heavy (non-hydrogen) atoms. The number of anilines is 1. The summed E-state index contributed by atoms with van der Waals surface area (Å²) in [7, 11) is 2.08. The number of hydrogen-bond donors (Lipinski definition) is 1. The van der Waals surface area contributed by atoms with Gasteiger partial charge in [-0.15, -0.1) is 0 Å². The summed E-state index contributed by atoms with van der Waals surface area (Å²) in [6.45, 7) is 3.86. The topological polar surface area (TPSA) is 55.3 Å². The van der Waals surface area contributed by atoms with E-state index in [-0.39, 0.29) is 0 Å². The molecule has 0 fully saturated rings. The minimum atomic E-state index is 0.533. The summed E-state index contributed by atoms with van der Waals surface area (Å²) in [6, 6.07) is 6.06. The molecule has 0 bridgehead atoms. The molecule has 92 valence electrons. The van der Waals surface area contributed by atoms with Crippen LogP contribution in [0.3, 0.4) is 0 Å². The Hall–Kier alpha value is -1.55. The number of rotatable bonds is 5. The van der Waals surface area contributed by atoms with Crippen molar-refractivity contribution in [2.75, 3.05) is 25.0 Å². The Bertz CT molecular complexity index is 476. The van der Waals surface area contributed by atoms with Crippen molar-refractivity contribution in [2.45, 2.75) is 13.3 Å². The molecule has 1 atom stereocenters. The number of benzene rings is 1. The van der Waals surface area contributed by atoms with Gasteiger partial charge < -0.3 is 15.1 Å². The predicted molar refractivity (Wildman–Crippen MR) is 70.1 cm³/mol. The van der Waals surface area contributed by atoms with Gasteiger partial charge in [-0.1, -0.05) is 13.3 Å². The summed E-state index contributed by atoms with van der Waals surface area (Å²) >= 11 is 0. The first-order valence-electron chi connectivity index (χ1n) is 5.99. The molecule has 4 nitrogen and oxygen atoms in total. The number of nitrogens with two attached hydrogens (primary N) is 1. The van der Waals surface area contributed by atoms with E-state index in [0.717, 1.165) is 36.3 Å². The molecular formula is C13H19N3O. The molecule has 2 aromatic rings. The quantitative estimate of drug-likeness (QED) is 0.860. The van der Waals surface area contributed by atoms with Crippen LogP contribution in [0, 0.1) is 5.92 Å². The predicted octanol–water partition coefficient (Wildman–Crippen LogP) is 2.25. The fourth-order valence-electron chi connectivity index (χ4n) is 1.94. The average Bonchev–Trinajstić information content (AvgIpc) is 2.82.